The molecule has 0 aliphatic carbocycles. The van der Waals surface area contributed by atoms with Gasteiger partial charge >= 0.3 is 12.0 Å². The zero-order valence-electron chi connectivity index (χ0n) is 12.0. The van der Waals surface area contributed by atoms with Crippen molar-refractivity contribution in [3.63, 3.8) is 0 Å². The molecule has 2 heterocycles. The molecule has 2 aliphatic rings. The largest absolute Gasteiger partial charge is 0.481 e. The van der Waals surface area contributed by atoms with Crippen LogP contribution in [0, 0.1) is 5.92 Å². The van der Waals surface area contributed by atoms with Gasteiger partial charge in [-0.25, -0.2) is 4.79 Å². The molecule has 2 unspecified atom stereocenters. The number of likely N-dealkylation sites (N-methyl/N-ethyl adjacent to an activating group) is 1. The predicted octanol–water partition coefficient (Wildman–Crippen LogP) is 1.18. The van der Waals surface area contributed by atoms with E-state index in [1.807, 2.05) is 13.8 Å². The Bertz CT molecular complexity index is 421. The number of carbonyl (C=O) groups is 2. The van der Waals surface area contributed by atoms with Crippen LogP contribution >= 0.6 is 0 Å². The minimum absolute atomic E-state index is 0.0818. The number of carbonyl (C=O) groups excluding carboxylic acids is 1. The number of amides is 2. The lowest BCUT2D eigenvalue weighted by Gasteiger charge is -2.36. The van der Waals surface area contributed by atoms with Crippen molar-refractivity contribution in [1.29, 1.82) is 0 Å². The molecule has 1 fully saturated rings. The monoisotopic (exact) mass is 282 g/mol. The summed E-state index contributed by atoms with van der Waals surface area (Å²) < 4.78 is 5.27. The number of nitrogens with zero attached hydrogens (tertiary/aromatic N) is 2. The van der Waals surface area contributed by atoms with Crippen LogP contribution in [0.25, 0.3) is 0 Å². The number of carboxylic acid groups (broad SMARTS) is 1. The second-order valence-corrected chi connectivity index (χ2v) is 5.38. The first-order valence-electron chi connectivity index (χ1n) is 7.06. The topological polar surface area (TPSA) is 70.1 Å². The van der Waals surface area contributed by atoms with E-state index in [-0.39, 0.29) is 18.7 Å². The van der Waals surface area contributed by atoms with E-state index >= 15 is 0 Å². The molecule has 6 heteroatoms. The van der Waals surface area contributed by atoms with Crippen molar-refractivity contribution in [1.82, 2.24) is 9.80 Å². The highest BCUT2D eigenvalue weighted by Gasteiger charge is 2.40. The molecule has 0 aromatic rings. The van der Waals surface area contributed by atoms with Gasteiger partial charge in [-0.1, -0.05) is 11.6 Å². The van der Waals surface area contributed by atoms with Crippen LogP contribution in [0.1, 0.15) is 20.3 Å². The lowest BCUT2D eigenvalue weighted by atomic mass is 10.0. The zero-order chi connectivity index (χ0) is 14.7. The lowest BCUT2D eigenvalue weighted by Crippen LogP contribution is -2.52. The SMILES string of the molecule is CCN(C(=O)N1CCC=C(C)C1)C1COCC1C(=O)O. The summed E-state index contributed by atoms with van der Waals surface area (Å²) in [6, 6.07) is -0.446. The summed E-state index contributed by atoms with van der Waals surface area (Å²) in [7, 11) is 0. The highest BCUT2D eigenvalue weighted by molar-refractivity contribution is 5.77. The summed E-state index contributed by atoms with van der Waals surface area (Å²) in [6.45, 7) is 6.19. The molecule has 2 rings (SSSR count). The third kappa shape index (κ3) is 2.95. The lowest BCUT2D eigenvalue weighted by molar-refractivity contribution is -0.142. The molecule has 0 aromatic heterocycles. The van der Waals surface area contributed by atoms with Crippen LogP contribution in [0.4, 0.5) is 4.79 Å². The Balaban J connectivity index is 2.09. The molecule has 0 radical (unpaired) electrons. The van der Waals surface area contributed by atoms with Crippen molar-refractivity contribution in [3.05, 3.63) is 11.6 Å². The second kappa shape index (κ2) is 6.26. The van der Waals surface area contributed by atoms with Crippen molar-refractivity contribution in [3.8, 4) is 0 Å². The van der Waals surface area contributed by atoms with Gasteiger partial charge in [-0.15, -0.1) is 0 Å². The first-order valence-corrected chi connectivity index (χ1v) is 7.06. The van der Waals surface area contributed by atoms with Gasteiger partial charge in [-0.05, 0) is 20.3 Å². The van der Waals surface area contributed by atoms with Gasteiger partial charge in [0.05, 0.1) is 19.3 Å². The summed E-state index contributed by atoms with van der Waals surface area (Å²) >= 11 is 0. The first kappa shape index (κ1) is 14.8. The summed E-state index contributed by atoms with van der Waals surface area (Å²) in [6.07, 6.45) is 3.00. The molecule has 2 atom stereocenters. The van der Waals surface area contributed by atoms with Gasteiger partial charge < -0.3 is 19.6 Å². The van der Waals surface area contributed by atoms with Crippen LogP contribution < -0.4 is 0 Å². The van der Waals surface area contributed by atoms with Gasteiger partial charge in [-0.2, -0.15) is 0 Å². The third-order valence-corrected chi connectivity index (χ3v) is 3.96. The molecule has 1 N–H and O–H groups in total. The number of hydrogen-bond acceptors (Lipinski definition) is 3. The van der Waals surface area contributed by atoms with E-state index in [0.29, 0.717) is 26.2 Å². The Hall–Kier alpha value is -1.56. The van der Waals surface area contributed by atoms with E-state index in [2.05, 4.69) is 6.08 Å². The Labute approximate surface area is 119 Å². The van der Waals surface area contributed by atoms with Gasteiger partial charge in [0, 0.05) is 19.6 Å². The molecule has 0 aromatic carbocycles. The fourth-order valence-corrected chi connectivity index (χ4v) is 2.85. The van der Waals surface area contributed by atoms with Crippen LogP contribution in [0.3, 0.4) is 0 Å². The maximum absolute atomic E-state index is 12.6. The number of rotatable bonds is 3. The molecule has 0 spiro atoms. The molecule has 0 bridgehead atoms. The fourth-order valence-electron chi connectivity index (χ4n) is 2.85. The normalized spacial score (nSPS) is 26.3. The summed E-state index contributed by atoms with van der Waals surface area (Å²) in [4.78, 5) is 27.3. The van der Waals surface area contributed by atoms with Gasteiger partial charge in [0.25, 0.3) is 0 Å². The summed E-state index contributed by atoms with van der Waals surface area (Å²) in [5, 5.41) is 9.22. The Morgan fingerprint density at radius 3 is 2.85 bits per heavy atom. The number of carboxylic acids is 1. The minimum atomic E-state index is -0.895. The van der Waals surface area contributed by atoms with Crippen molar-refractivity contribution in [2.75, 3.05) is 32.8 Å². The van der Waals surface area contributed by atoms with Crippen molar-refractivity contribution < 1.29 is 19.4 Å². The van der Waals surface area contributed by atoms with E-state index < -0.39 is 11.9 Å². The van der Waals surface area contributed by atoms with Gasteiger partial charge in [0.15, 0.2) is 0 Å². The molecular weight excluding hydrogens is 260 g/mol. The van der Waals surface area contributed by atoms with Crippen LogP contribution in [-0.4, -0.2) is 65.8 Å². The van der Waals surface area contributed by atoms with Gasteiger partial charge in [0.2, 0.25) is 0 Å². The average molecular weight is 282 g/mol. The van der Waals surface area contributed by atoms with E-state index in [0.717, 1.165) is 6.42 Å². The zero-order valence-corrected chi connectivity index (χ0v) is 12.0. The number of ether oxygens (including phenoxy) is 1. The molecule has 20 heavy (non-hydrogen) atoms. The fraction of sp³-hybridized carbons (Fsp3) is 0.714. The van der Waals surface area contributed by atoms with Crippen molar-refractivity contribution >= 4 is 12.0 Å². The summed E-state index contributed by atoms with van der Waals surface area (Å²) in [5.41, 5.74) is 1.18. The first-order chi connectivity index (χ1) is 9.54. The molecular formula is C14H22N2O4. The highest BCUT2D eigenvalue weighted by Crippen LogP contribution is 2.22. The maximum Gasteiger partial charge on any atom is 0.320 e. The predicted molar refractivity (Wildman–Crippen MR) is 73.5 cm³/mol. The van der Waals surface area contributed by atoms with Crippen molar-refractivity contribution in [2.24, 2.45) is 5.92 Å². The van der Waals surface area contributed by atoms with Crippen LogP contribution in [0.2, 0.25) is 0 Å². The average Bonchev–Trinajstić information content (AvgIpc) is 2.89. The molecule has 1 saturated heterocycles. The number of urea groups is 1. The van der Waals surface area contributed by atoms with E-state index in [1.54, 1.807) is 9.80 Å². The molecule has 2 aliphatic heterocycles. The van der Waals surface area contributed by atoms with Crippen LogP contribution in [0.15, 0.2) is 11.6 Å². The number of aliphatic carboxylic acids is 1. The van der Waals surface area contributed by atoms with E-state index in [1.165, 1.54) is 5.57 Å². The van der Waals surface area contributed by atoms with E-state index in [4.69, 9.17) is 4.74 Å². The third-order valence-electron chi connectivity index (χ3n) is 3.96. The second-order valence-electron chi connectivity index (χ2n) is 5.38. The minimum Gasteiger partial charge on any atom is -0.481 e. The summed E-state index contributed by atoms with van der Waals surface area (Å²) in [5.74, 6) is -1.52. The number of hydrogen-bond donors (Lipinski definition) is 1. The van der Waals surface area contributed by atoms with Gasteiger partial charge in [-0.3, -0.25) is 4.79 Å². The quantitative estimate of drug-likeness (QED) is 0.789. The molecule has 112 valence electrons. The Morgan fingerprint density at radius 2 is 2.25 bits per heavy atom. The Morgan fingerprint density at radius 1 is 1.50 bits per heavy atom. The van der Waals surface area contributed by atoms with Crippen molar-refractivity contribution in [2.45, 2.75) is 26.3 Å². The smallest absolute Gasteiger partial charge is 0.320 e. The highest BCUT2D eigenvalue weighted by atomic mass is 16.5. The van der Waals surface area contributed by atoms with Crippen LogP contribution in [0.5, 0.6) is 0 Å². The van der Waals surface area contributed by atoms with Gasteiger partial charge in [0.1, 0.15) is 5.92 Å². The Kier molecular flexibility index (Phi) is 4.65. The standard InChI is InChI=1S/C14H22N2O4/c1-3-16(12-9-20-8-11(12)13(17)18)14(19)15-6-4-5-10(2)7-15/h5,11-12H,3-4,6-9H2,1-2H3,(H,17,18). The maximum atomic E-state index is 12.6. The van der Waals surface area contributed by atoms with Crippen LogP contribution in [-0.2, 0) is 9.53 Å². The molecule has 2 amide bonds. The molecule has 0 saturated carbocycles. The van der Waals surface area contributed by atoms with E-state index in [9.17, 15) is 14.7 Å². The molecule has 6 nitrogen and oxygen atoms in total.